The first kappa shape index (κ1) is 20.1. The van der Waals surface area contributed by atoms with Crippen molar-refractivity contribution in [3.63, 3.8) is 0 Å². The second-order valence-electron chi connectivity index (χ2n) is 5.67. The predicted octanol–water partition coefficient (Wildman–Crippen LogP) is 2.93. The average Bonchev–Trinajstić information content (AvgIpc) is 2.46. The molecular formula is C17H33NO3. The van der Waals surface area contributed by atoms with Gasteiger partial charge in [-0.05, 0) is 12.8 Å². The van der Waals surface area contributed by atoms with E-state index in [-0.39, 0.29) is 12.5 Å². The maximum atomic E-state index is 10.9. The molecule has 21 heavy (non-hydrogen) atoms. The topological polar surface area (TPSA) is 69.6 Å². The number of allylic oxidation sites excluding steroid dienone is 1. The highest BCUT2D eigenvalue weighted by molar-refractivity contribution is 5.73. The SMILES string of the molecule is CCCCCCCCCC/C=C/C(O)C(CO)NC(C)=O. The lowest BCUT2D eigenvalue weighted by molar-refractivity contribution is -0.120. The second-order valence-corrected chi connectivity index (χ2v) is 5.67. The van der Waals surface area contributed by atoms with Crippen molar-refractivity contribution in [2.24, 2.45) is 0 Å². The summed E-state index contributed by atoms with van der Waals surface area (Å²) in [6.45, 7) is 3.34. The molecule has 0 heterocycles. The van der Waals surface area contributed by atoms with Gasteiger partial charge in [0.15, 0.2) is 0 Å². The Morgan fingerprint density at radius 2 is 1.67 bits per heavy atom. The van der Waals surface area contributed by atoms with Crippen LogP contribution in [-0.2, 0) is 4.79 Å². The summed E-state index contributed by atoms with van der Waals surface area (Å²) in [5.74, 6) is -0.246. The third-order valence-corrected chi connectivity index (χ3v) is 3.56. The van der Waals surface area contributed by atoms with E-state index in [4.69, 9.17) is 5.11 Å². The minimum atomic E-state index is -0.826. The first-order chi connectivity index (χ1) is 10.1. The molecule has 2 unspecified atom stereocenters. The number of carbonyl (C=O) groups excluding carboxylic acids is 1. The average molecular weight is 299 g/mol. The molecule has 0 aliphatic carbocycles. The monoisotopic (exact) mass is 299 g/mol. The van der Waals surface area contributed by atoms with Gasteiger partial charge in [-0.3, -0.25) is 4.79 Å². The van der Waals surface area contributed by atoms with Gasteiger partial charge in [-0.25, -0.2) is 0 Å². The molecule has 3 N–H and O–H groups in total. The fourth-order valence-electron chi connectivity index (χ4n) is 2.27. The maximum absolute atomic E-state index is 10.9. The highest BCUT2D eigenvalue weighted by Crippen LogP contribution is 2.10. The number of carbonyl (C=O) groups is 1. The molecule has 0 aromatic carbocycles. The number of unbranched alkanes of at least 4 members (excludes halogenated alkanes) is 8. The van der Waals surface area contributed by atoms with Crippen molar-refractivity contribution in [3.05, 3.63) is 12.2 Å². The lowest BCUT2D eigenvalue weighted by Crippen LogP contribution is -2.44. The third-order valence-electron chi connectivity index (χ3n) is 3.56. The second kappa shape index (κ2) is 14.1. The van der Waals surface area contributed by atoms with Crippen LogP contribution in [0.4, 0.5) is 0 Å². The molecule has 1 amide bonds. The van der Waals surface area contributed by atoms with E-state index < -0.39 is 12.1 Å². The van der Waals surface area contributed by atoms with E-state index in [1.54, 1.807) is 6.08 Å². The number of amides is 1. The molecule has 124 valence electrons. The highest BCUT2D eigenvalue weighted by atomic mass is 16.3. The van der Waals surface area contributed by atoms with Gasteiger partial charge in [0, 0.05) is 6.92 Å². The molecule has 0 spiro atoms. The molecule has 0 saturated heterocycles. The molecule has 2 atom stereocenters. The van der Waals surface area contributed by atoms with E-state index in [1.807, 2.05) is 6.08 Å². The fourth-order valence-corrected chi connectivity index (χ4v) is 2.27. The number of hydrogen-bond acceptors (Lipinski definition) is 3. The molecule has 0 rings (SSSR count). The lowest BCUT2D eigenvalue weighted by Gasteiger charge is -2.18. The van der Waals surface area contributed by atoms with Crippen molar-refractivity contribution in [2.45, 2.75) is 83.8 Å². The summed E-state index contributed by atoms with van der Waals surface area (Å²) in [5.41, 5.74) is 0. The van der Waals surface area contributed by atoms with Gasteiger partial charge in [-0.1, -0.05) is 64.0 Å². The minimum Gasteiger partial charge on any atom is -0.394 e. The van der Waals surface area contributed by atoms with Crippen LogP contribution in [-0.4, -0.2) is 34.9 Å². The molecule has 0 fully saturated rings. The fraction of sp³-hybridized carbons (Fsp3) is 0.824. The number of rotatable bonds is 13. The Morgan fingerprint density at radius 1 is 1.10 bits per heavy atom. The van der Waals surface area contributed by atoms with E-state index in [1.165, 1.54) is 51.9 Å². The van der Waals surface area contributed by atoms with E-state index in [0.29, 0.717) is 0 Å². The van der Waals surface area contributed by atoms with Crippen LogP contribution in [0.2, 0.25) is 0 Å². The Morgan fingerprint density at radius 3 is 2.19 bits per heavy atom. The van der Waals surface area contributed by atoms with E-state index in [2.05, 4.69) is 12.2 Å². The quantitative estimate of drug-likeness (QED) is 0.362. The van der Waals surface area contributed by atoms with Gasteiger partial charge in [0.2, 0.25) is 5.91 Å². The van der Waals surface area contributed by atoms with Crippen LogP contribution in [0.15, 0.2) is 12.2 Å². The number of nitrogens with one attached hydrogen (secondary N) is 1. The summed E-state index contributed by atoms with van der Waals surface area (Å²) in [5, 5.41) is 21.4. The first-order valence-electron chi connectivity index (χ1n) is 8.34. The largest absolute Gasteiger partial charge is 0.394 e. The summed E-state index contributed by atoms with van der Waals surface area (Å²) in [7, 11) is 0. The Hall–Kier alpha value is -0.870. The molecule has 4 nitrogen and oxygen atoms in total. The predicted molar refractivity (Wildman–Crippen MR) is 87.1 cm³/mol. The van der Waals surface area contributed by atoms with Crippen molar-refractivity contribution in [3.8, 4) is 0 Å². The van der Waals surface area contributed by atoms with Gasteiger partial charge in [0.1, 0.15) is 0 Å². The summed E-state index contributed by atoms with van der Waals surface area (Å²) in [6, 6.07) is -0.614. The van der Waals surface area contributed by atoms with Crippen LogP contribution in [0.5, 0.6) is 0 Å². The maximum Gasteiger partial charge on any atom is 0.217 e. The zero-order valence-corrected chi connectivity index (χ0v) is 13.7. The Labute approximate surface area is 129 Å². The molecule has 0 aromatic heterocycles. The Balaban J connectivity index is 3.59. The van der Waals surface area contributed by atoms with Gasteiger partial charge in [-0.2, -0.15) is 0 Å². The van der Waals surface area contributed by atoms with Crippen molar-refractivity contribution >= 4 is 5.91 Å². The first-order valence-corrected chi connectivity index (χ1v) is 8.34. The molecule has 0 aliphatic rings. The zero-order chi connectivity index (χ0) is 15.9. The molecule has 0 saturated carbocycles. The van der Waals surface area contributed by atoms with Gasteiger partial charge in [0.05, 0.1) is 18.8 Å². The van der Waals surface area contributed by atoms with Gasteiger partial charge < -0.3 is 15.5 Å². The molecule has 4 heteroatoms. The molecule has 0 bridgehead atoms. The number of aliphatic hydroxyl groups excluding tert-OH is 2. The summed E-state index contributed by atoms with van der Waals surface area (Å²) < 4.78 is 0. The minimum absolute atomic E-state index is 0.246. The summed E-state index contributed by atoms with van der Waals surface area (Å²) in [4.78, 5) is 10.9. The smallest absolute Gasteiger partial charge is 0.217 e. The molecule has 0 radical (unpaired) electrons. The number of aliphatic hydroxyl groups is 2. The lowest BCUT2D eigenvalue weighted by atomic mass is 10.1. The van der Waals surface area contributed by atoms with Gasteiger partial charge in [-0.15, -0.1) is 0 Å². The van der Waals surface area contributed by atoms with Crippen molar-refractivity contribution in [1.82, 2.24) is 5.32 Å². The molecule has 0 aromatic rings. The number of hydrogen-bond donors (Lipinski definition) is 3. The van der Waals surface area contributed by atoms with Crippen LogP contribution < -0.4 is 5.32 Å². The van der Waals surface area contributed by atoms with E-state index >= 15 is 0 Å². The standard InChI is InChI=1S/C17H33NO3/c1-3-4-5-6-7-8-9-10-11-12-13-17(21)16(14-19)18-15(2)20/h12-13,16-17,19,21H,3-11,14H2,1-2H3,(H,18,20)/b13-12+. The van der Waals surface area contributed by atoms with Crippen molar-refractivity contribution in [1.29, 1.82) is 0 Å². The van der Waals surface area contributed by atoms with E-state index in [9.17, 15) is 9.90 Å². The third kappa shape index (κ3) is 12.6. The van der Waals surface area contributed by atoms with Crippen LogP contribution in [0, 0.1) is 0 Å². The van der Waals surface area contributed by atoms with Crippen molar-refractivity contribution < 1.29 is 15.0 Å². The highest BCUT2D eigenvalue weighted by Gasteiger charge is 2.15. The van der Waals surface area contributed by atoms with Crippen LogP contribution >= 0.6 is 0 Å². The van der Waals surface area contributed by atoms with Crippen LogP contribution in [0.25, 0.3) is 0 Å². The normalized spacial score (nSPS) is 14.3. The Kier molecular flexibility index (Phi) is 13.5. The van der Waals surface area contributed by atoms with Gasteiger partial charge >= 0.3 is 0 Å². The molecule has 0 aliphatic heterocycles. The van der Waals surface area contributed by atoms with Gasteiger partial charge in [0.25, 0.3) is 0 Å². The molecular weight excluding hydrogens is 266 g/mol. The Bertz CT molecular complexity index is 279. The zero-order valence-electron chi connectivity index (χ0n) is 13.7. The van der Waals surface area contributed by atoms with E-state index in [0.717, 1.165) is 12.8 Å². The van der Waals surface area contributed by atoms with Crippen LogP contribution in [0.1, 0.15) is 71.6 Å². The summed E-state index contributed by atoms with van der Waals surface area (Å²) >= 11 is 0. The summed E-state index contributed by atoms with van der Waals surface area (Å²) in [6.07, 6.45) is 14.0. The van der Waals surface area contributed by atoms with Crippen LogP contribution in [0.3, 0.4) is 0 Å². The van der Waals surface area contributed by atoms with Crippen molar-refractivity contribution in [2.75, 3.05) is 6.61 Å².